The van der Waals surface area contributed by atoms with Gasteiger partial charge >= 0.3 is 0 Å². The first kappa shape index (κ1) is 15.1. The van der Waals surface area contributed by atoms with Crippen molar-refractivity contribution >= 4 is 5.91 Å². The van der Waals surface area contributed by atoms with Crippen molar-refractivity contribution in [2.24, 2.45) is 7.05 Å². The van der Waals surface area contributed by atoms with E-state index >= 15 is 0 Å². The average molecular weight is 293 g/mol. The first-order chi connectivity index (χ1) is 10.2. The molecule has 0 unspecified atom stereocenters. The molecule has 0 bridgehead atoms. The van der Waals surface area contributed by atoms with E-state index in [1.807, 2.05) is 6.07 Å². The van der Waals surface area contributed by atoms with Crippen molar-refractivity contribution in [3.63, 3.8) is 0 Å². The summed E-state index contributed by atoms with van der Waals surface area (Å²) in [7, 11) is 4.84. The van der Waals surface area contributed by atoms with Crippen molar-refractivity contribution in [3.05, 3.63) is 35.9 Å². The maximum atomic E-state index is 12.7. The number of amides is 1. The SMILES string of the molecule is COCCN(Cc1ccoc1)C(=O)c1cn(C)nc1OC. The smallest absolute Gasteiger partial charge is 0.261 e. The molecule has 0 aromatic carbocycles. The summed E-state index contributed by atoms with van der Waals surface area (Å²) in [5, 5.41) is 4.11. The Balaban J connectivity index is 2.20. The van der Waals surface area contributed by atoms with Crippen LogP contribution in [0.2, 0.25) is 0 Å². The van der Waals surface area contributed by atoms with Gasteiger partial charge in [0.1, 0.15) is 5.56 Å². The Morgan fingerprint density at radius 3 is 2.90 bits per heavy atom. The predicted octanol–water partition coefficient (Wildman–Crippen LogP) is 1.31. The van der Waals surface area contributed by atoms with Gasteiger partial charge in [0.25, 0.3) is 5.91 Å². The van der Waals surface area contributed by atoms with Crippen molar-refractivity contribution in [1.82, 2.24) is 14.7 Å². The fourth-order valence-corrected chi connectivity index (χ4v) is 1.99. The van der Waals surface area contributed by atoms with Crippen LogP contribution in [0.15, 0.2) is 29.2 Å². The summed E-state index contributed by atoms with van der Waals surface area (Å²) in [6.45, 7) is 1.36. The van der Waals surface area contributed by atoms with Crippen LogP contribution in [-0.2, 0) is 18.3 Å². The lowest BCUT2D eigenvalue weighted by molar-refractivity contribution is 0.0677. The molecule has 2 rings (SSSR count). The molecule has 1 amide bonds. The van der Waals surface area contributed by atoms with E-state index in [1.165, 1.54) is 7.11 Å². The van der Waals surface area contributed by atoms with E-state index in [9.17, 15) is 4.79 Å². The Morgan fingerprint density at radius 1 is 1.48 bits per heavy atom. The second-order valence-electron chi connectivity index (χ2n) is 4.58. The number of nitrogens with zero attached hydrogens (tertiary/aromatic N) is 3. The van der Waals surface area contributed by atoms with Crippen LogP contribution >= 0.6 is 0 Å². The zero-order valence-corrected chi connectivity index (χ0v) is 12.4. The summed E-state index contributed by atoms with van der Waals surface area (Å²) in [6.07, 6.45) is 4.85. The third-order valence-electron chi connectivity index (χ3n) is 3.02. The summed E-state index contributed by atoms with van der Waals surface area (Å²) >= 11 is 0. The molecule has 0 atom stereocenters. The normalized spacial score (nSPS) is 10.6. The molecule has 0 aliphatic rings. The molecule has 2 heterocycles. The van der Waals surface area contributed by atoms with Crippen LogP contribution in [0.5, 0.6) is 5.88 Å². The zero-order valence-electron chi connectivity index (χ0n) is 12.4. The highest BCUT2D eigenvalue weighted by Gasteiger charge is 2.22. The Morgan fingerprint density at radius 2 is 2.29 bits per heavy atom. The van der Waals surface area contributed by atoms with Crippen LogP contribution in [0, 0.1) is 0 Å². The van der Waals surface area contributed by atoms with Gasteiger partial charge < -0.3 is 18.8 Å². The van der Waals surface area contributed by atoms with Crippen LogP contribution in [0.1, 0.15) is 15.9 Å². The van der Waals surface area contributed by atoms with Crippen LogP contribution in [-0.4, -0.2) is 48.0 Å². The van der Waals surface area contributed by atoms with Crippen molar-refractivity contribution in [2.45, 2.75) is 6.54 Å². The Kier molecular flexibility index (Phi) is 4.99. The standard InChI is InChI=1S/C14H19N3O4/c1-16-9-12(13(15-16)20-3)14(18)17(5-7-19-2)8-11-4-6-21-10-11/h4,6,9-10H,5,7-8H2,1-3H3. The third-order valence-corrected chi connectivity index (χ3v) is 3.02. The van der Waals surface area contributed by atoms with Crippen molar-refractivity contribution < 1.29 is 18.7 Å². The molecule has 7 nitrogen and oxygen atoms in total. The molecule has 0 saturated heterocycles. The van der Waals surface area contributed by atoms with Gasteiger partial charge in [0.2, 0.25) is 5.88 Å². The molecule has 114 valence electrons. The third kappa shape index (κ3) is 3.63. The fraction of sp³-hybridized carbons (Fsp3) is 0.429. The van der Waals surface area contributed by atoms with Crippen LogP contribution < -0.4 is 4.74 Å². The van der Waals surface area contributed by atoms with Gasteiger partial charge in [-0.15, -0.1) is 5.10 Å². The summed E-state index contributed by atoms with van der Waals surface area (Å²) in [5.41, 5.74) is 1.35. The highest BCUT2D eigenvalue weighted by molar-refractivity contribution is 5.96. The number of carbonyl (C=O) groups excluding carboxylic acids is 1. The lowest BCUT2D eigenvalue weighted by atomic mass is 10.2. The molecule has 0 radical (unpaired) electrons. The van der Waals surface area contributed by atoms with Gasteiger partial charge in [0.05, 0.1) is 26.2 Å². The minimum absolute atomic E-state index is 0.154. The maximum Gasteiger partial charge on any atom is 0.261 e. The molecule has 0 fully saturated rings. The van der Waals surface area contributed by atoms with Crippen molar-refractivity contribution in [2.75, 3.05) is 27.4 Å². The van der Waals surface area contributed by atoms with Gasteiger partial charge in [0, 0.05) is 39.0 Å². The van der Waals surface area contributed by atoms with E-state index in [-0.39, 0.29) is 5.91 Å². The topological polar surface area (TPSA) is 69.7 Å². The quantitative estimate of drug-likeness (QED) is 0.770. The Labute approximate surface area is 123 Å². The molecule has 0 spiro atoms. The molecular weight excluding hydrogens is 274 g/mol. The number of carbonyl (C=O) groups is 1. The number of rotatable bonds is 7. The van der Waals surface area contributed by atoms with Crippen molar-refractivity contribution in [3.8, 4) is 5.88 Å². The number of hydrogen-bond donors (Lipinski definition) is 0. The largest absolute Gasteiger partial charge is 0.479 e. The number of methoxy groups -OCH3 is 2. The van der Waals surface area contributed by atoms with E-state index in [0.717, 1.165) is 5.56 Å². The Hall–Kier alpha value is -2.28. The van der Waals surface area contributed by atoms with E-state index in [4.69, 9.17) is 13.9 Å². The molecule has 2 aromatic rings. The molecule has 0 N–H and O–H groups in total. The monoisotopic (exact) mass is 293 g/mol. The number of aromatic nitrogens is 2. The van der Waals surface area contributed by atoms with Gasteiger partial charge in [-0.3, -0.25) is 9.48 Å². The van der Waals surface area contributed by atoms with E-state index in [1.54, 1.807) is 42.5 Å². The number of ether oxygens (including phenoxy) is 2. The maximum absolute atomic E-state index is 12.7. The van der Waals surface area contributed by atoms with E-state index in [2.05, 4.69) is 5.10 Å². The van der Waals surface area contributed by atoms with Gasteiger partial charge in [-0.25, -0.2) is 0 Å². The number of aryl methyl sites for hydroxylation is 1. The van der Waals surface area contributed by atoms with Gasteiger partial charge in [0.15, 0.2) is 0 Å². The molecule has 21 heavy (non-hydrogen) atoms. The second kappa shape index (κ2) is 6.94. The molecule has 0 saturated carbocycles. The summed E-state index contributed by atoms with van der Waals surface area (Å²) in [5.74, 6) is 0.162. The predicted molar refractivity (Wildman–Crippen MR) is 75.1 cm³/mol. The van der Waals surface area contributed by atoms with Gasteiger partial charge in [-0.05, 0) is 6.07 Å². The van der Waals surface area contributed by atoms with Gasteiger partial charge in [-0.2, -0.15) is 0 Å². The molecule has 0 aliphatic heterocycles. The Bertz CT molecular complexity index is 577. The van der Waals surface area contributed by atoms with Gasteiger partial charge in [-0.1, -0.05) is 0 Å². The lowest BCUT2D eigenvalue weighted by Crippen LogP contribution is -2.33. The van der Waals surface area contributed by atoms with Crippen LogP contribution in [0.3, 0.4) is 0 Å². The fourth-order valence-electron chi connectivity index (χ4n) is 1.99. The highest BCUT2D eigenvalue weighted by atomic mass is 16.5. The minimum Gasteiger partial charge on any atom is -0.479 e. The van der Waals surface area contributed by atoms with Crippen molar-refractivity contribution in [1.29, 1.82) is 0 Å². The first-order valence-electron chi connectivity index (χ1n) is 6.52. The zero-order chi connectivity index (χ0) is 15.2. The summed E-state index contributed by atoms with van der Waals surface area (Å²) < 4.78 is 16.8. The summed E-state index contributed by atoms with van der Waals surface area (Å²) in [4.78, 5) is 14.4. The number of furan rings is 1. The molecular formula is C14H19N3O4. The average Bonchev–Trinajstić information content (AvgIpc) is 3.11. The van der Waals surface area contributed by atoms with Crippen LogP contribution in [0.4, 0.5) is 0 Å². The highest BCUT2D eigenvalue weighted by Crippen LogP contribution is 2.18. The number of hydrogen-bond acceptors (Lipinski definition) is 5. The van der Waals surface area contributed by atoms with Crippen LogP contribution in [0.25, 0.3) is 0 Å². The molecule has 2 aromatic heterocycles. The molecule has 0 aliphatic carbocycles. The second-order valence-corrected chi connectivity index (χ2v) is 4.58. The minimum atomic E-state index is -0.154. The lowest BCUT2D eigenvalue weighted by Gasteiger charge is -2.21. The summed E-state index contributed by atoms with van der Waals surface area (Å²) in [6, 6.07) is 1.83. The van der Waals surface area contributed by atoms with E-state index < -0.39 is 0 Å². The molecule has 7 heteroatoms. The van der Waals surface area contributed by atoms with E-state index in [0.29, 0.717) is 31.1 Å². The first-order valence-corrected chi connectivity index (χ1v) is 6.52.